The van der Waals surface area contributed by atoms with Crippen LogP contribution >= 0.6 is 0 Å². The first-order valence-corrected chi connectivity index (χ1v) is 6.76. The molecule has 1 amide bonds. The van der Waals surface area contributed by atoms with Gasteiger partial charge in [-0.1, -0.05) is 12.1 Å². The van der Waals surface area contributed by atoms with E-state index in [1.54, 1.807) is 24.0 Å². The van der Waals surface area contributed by atoms with Gasteiger partial charge in [-0.15, -0.1) is 0 Å². The summed E-state index contributed by atoms with van der Waals surface area (Å²) in [7, 11) is 0. The zero-order chi connectivity index (χ0) is 14.7. The van der Waals surface area contributed by atoms with Crippen molar-refractivity contribution in [1.29, 1.82) is 0 Å². The first kappa shape index (κ1) is 14.5. The molecular formula is C15H18FNO3. The fraction of sp³-hybridized carbons (Fsp3) is 0.467. The molecular weight excluding hydrogens is 261 g/mol. The summed E-state index contributed by atoms with van der Waals surface area (Å²) in [6.07, 6.45) is 1.30. The molecule has 0 aromatic heterocycles. The van der Waals surface area contributed by atoms with Crippen LogP contribution in [-0.2, 0) is 9.59 Å². The molecule has 4 nitrogen and oxygen atoms in total. The SMILES string of the molecule is C[C@@H](C(=O)N1CCC[C@H](C(=O)O)C1)c1cccc(F)c1. The Morgan fingerprint density at radius 2 is 2.20 bits per heavy atom. The minimum Gasteiger partial charge on any atom is -0.481 e. The highest BCUT2D eigenvalue weighted by atomic mass is 19.1. The molecule has 0 bridgehead atoms. The van der Waals surface area contributed by atoms with Crippen molar-refractivity contribution < 1.29 is 19.1 Å². The van der Waals surface area contributed by atoms with Gasteiger partial charge in [0, 0.05) is 13.1 Å². The third-order valence-corrected chi connectivity index (χ3v) is 3.80. The third kappa shape index (κ3) is 3.15. The van der Waals surface area contributed by atoms with E-state index in [1.807, 2.05) is 0 Å². The van der Waals surface area contributed by atoms with E-state index in [9.17, 15) is 14.0 Å². The van der Waals surface area contributed by atoms with Gasteiger partial charge in [0.2, 0.25) is 5.91 Å². The van der Waals surface area contributed by atoms with E-state index in [-0.39, 0.29) is 18.3 Å². The predicted octanol–water partition coefficient (Wildman–Crippen LogP) is 2.25. The highest BCUT2D eigenvalue weighted by Gasteiger charge is 2.30. The van der Waals surface area contributed by atoms with Crippen molar-refractivity contribution >= 4 is 11.9 Å². The van der Waals surface area contributed by atoms with Gasteiger partial charge in [0.05, 0.1) is 11.8 Å². The smallest absolute Gasteiger partial charge is 0.308 e. The molecule has 1 N–H and O–H groups in total. The van der Waals surface area contributed by atoms with Crippen LogP contribution in [0.2, 0.25) is 0 Å². The number of likely N-dealkylation sites (tertiary alicyclic amines) is 1. The zero-order valence-electron chi connectivity index (χ0n) is 11.4. The Morgan fingerprint density at radius 3 is 2.85 bits per heavy atom. The van der Waals surface area contributed by atoms with Gasteiger partial charge >= 0.3 is 5.97 Å². The molecule has 1 aliphatic heterocycles. The van der Waals surface area contributed by atoms with Crippen LogP contribution in [0, 0.1) is 11.7 Å². The molecule has 1 aromatic rings. The number of hydrogen-bond acceptors (Lipinski definition) is 2. The molecule has 1 aromatic carbocycles. The number of hydrogen-bond donors (Lipinski definition) is 1. The molecule has 2 atom stereocenters. The van der Waals surface area contributed by atoms with Gasteiger partial charge in [-0.25, -0.2) is 4.39 Å². The number of rotatable bonds is 3. The largest absolute Gasteiger partial charge is 0.481 e. The number of carboxylic acids is 1. The Bertz CT molecular complexity index is 518. The first-order chi connectivity index (χ1) is 9.49. The van der Waals surface area contributed by atoms with Crippen LogP contribution in [0.3, 0.4) is 0 Å². The highest BCUT2D eigenvalue weighted by molar-refractivity contribution is 5.84. The Hall–Kier alpha value is -1.91. The van der Waals surface area contributed by atoms with Crippen LogP contribution in [-0.4, -0.2) is 35.0 Å². The zero-order valence-corrected chi connectivity index (χ0v) is 11.4. The Balaban J connectivity index is 2.08. The maximum Gasteiger partial charge on any atom is 0.308 e. The van der Waals surface area contributed by atoms with E-state index in [4.69, 9.17) is 5.11 Å². The number of carboxylic acid groups (broad SMARTS) is 1. The summed E-state index contributed by atoms with van der Waals surface area (Å²) in [6.45, 7) is 2.54. The van der Waals surface area contributed by atoms with Gasteiger partial charge in [-0.2, -0.15) is 0 Å². The lowest BCUT2D eigenvalue weighted by atomic mass is 9.94. The summed E-state index contributed by atoms with van der Waals surface area (Å²) >= 11 is 0. The first-order valence-electron chi connectivity index (χ1n) is 6.76. The molecule has 2 rings (SSSR count). The molecule has 1 aliphatic rings. The van der Waals surface area contributed by atoms with Gasteiger partial charge in [0.1, 0.15) is 5.82 Å². The van der Waals surface area contributed by atoms with Crippen LogP contribution in [0.1, 0.15) is 31.2 Å². The molecule has 1 saturated heterocycles. The van der Waals surface area contributed by atoms with Gasteiger partial charge in [-0.3, -0.25) is 9.59 Å². The maximum atomic E-state index is 13.2. The standard InChI is InChI=1S/C15H18FNO3/c1-10(11-4-2-6-13(16)8-11)14(18)17-7-3-5-12(9-17)15(19)20/h2,4,6,8,10,12H,3,5,7,9H2,1H3,(H,19,20)/t10-,12+/m1/s1. The number of carbonyl (C=O) groups excluding carboxylic acids is 1. The van der Waals surface area contributed by atoms with E-state index in [2.05, 4.69) is 0 Å². The highest BCUT2D eigenvalue weighted by Crippen LogP contribution is 2.23. The second-order valence-electron chi connectivity index (χ2n) is 5.24. The lowest BCUT2D eigenvalue weighted by Crippen LogP contribution is -2.43. The number of benzene rings is 1. The summed E-state index contributed by atoms with van der Waals surface area (Å²) < 4.78 is 13.2. The fourth-order valence-electron chi connectivity index (χ4n) is 2.57. The molecule has 0 saturated carbocycles. The van der Waals surface area contributed by atoms with Crippen LogP contribution in [0.25, 0.3) is 0 Å². The van der Waals surface area contributed by atoms with E-state index >= 15 is 0 Å². The van der Waals surface area contributed by atoms with Gasteiger partial charge in [0.15, 0.2) is 0 Å². The van der Waals surface area contributed by atoms with Crippen LogP contribution in [0.4, 0.5) is 4.39 Å². The van der Waals surface area contributed by atoms with Crippen molar-refractivity contribution in [3.63, 3.8) is 0 Å². The molecule has 108 valence electrons. The normalized spacial score (nSPS) is 20.5. The summed E-state index contributed by atoms with van der Waals surface area (Å²) in [6, 6.07) is 5.97. The van der Waals surface area contributed by atoms with Crippen LogP contribution < -0.4 is 0 Å². The number of halogens is 1. The summed E-state index contributed by atoms with van der Waals surface area (Å²) in [5, 5.41) is 9.04. The molecule has 0 radical (unpaired) electrons. The monoisotopic (exact) mass is 279 g/mol. The minimum atomic E-state index is -0.860. The maximum absolute atomic E-state index is 13.2. The molecule has 1 fully saturated rings. The van der Waals surface area contributed by atoms with E-state index in [0.29, 0.717) is 24.9 Å². The quantitative estimate of drug-likeness (QED) is 0.923. The van der Waals surface area contributed by atoms with E-state index in [1.165, 1.54) is 12.1 Å². The lowest BCUT2D eigenvalue weighted by Gasteiger charge is -2.32. The van der Waals surface area contributed by atoms with Crippen molar-refractivity contribution in [1.82, 2.24) is 4.90 Å². The van der Waals surface area contributed by atoms with Crippen molar-refractivity contribution in [2.75, 3.05) is 13.1 Å². The second-order valence-corrected chi connectivity index (χ2v) is 5.24. The molecule has 0 aliphatic carbocycles. The molecule has 1 heterocycles. The third-order valence-electron chi connectivity index (χ3n) is 3.80. The van der Waals surface area contributed by atoms with Crippen molar-refractivity contribution in [2.45, 2.75) is 25.7 Å². The Labute approximate surface area is 117 Å². The molecule has 0 unspecified atom stereocenters. The second kappa shape index (κ2) is 6.03. The molecule has 20 heavy (non-hydrogen) atoms. The van der Waals surface area contributed by atoms with Crippen LogP contribution in [0.15, 0.2) is 24.3 Å². The topological polar surface area (TPSA) is 57.6 Å². The van der Waals surface area contributed by atoms with E-state index < -0.39 is 17.8 Å². The van der Waals surface area contributed by atoms with Gasteiger partial charge in [-0.05, 0) is 37.5 Å². The average molecular weight is 279 g/mol. The van der Waals surface area contributed by atoms with Crippen molar-refractivity contribution in [3.8, 4) is 0 Å². The van der Waals surface area contributed by atoms with Crippen molar-refractivity contribution in [3.05, 3.63) is 35.6 Å². The Morgan fingerprint density at radius 1 is 1.45 bits per heavy atom. The van der Waals surface area contributed by atoms with Crippen molar-refractivity contribution in [2.24, 2.45) is 5.92 Å². The lowest BCUT2D eigenvalue weighted by molar-refractivity contribution is -0.146. The van der Waals surface area contributed by atoms with Crippen LogP contribution in [0.5, 0.6) is 0 Å². The fourth-order valence-corrected chi connectivity index (χ4v) is 2.57. The number of aliphatic carboxylic acids is 1. The Kier molecular flexibility index (Phi) is 4.37. The van der Waals surface area contributed by atoms with E-state index in [0.717, 1.165) is 0 Å². The summed E-state index contributed by atoms with van der Waals surface area (Å²) in [5.41, 5.74) is 0.618. The summed E-state index contributed by atoms with van der Waals surface area (Å²) in [4.78, 5) is 25.0. The van der Waals surface area contributed by atoms with Gasteiger partial charge in [0.25, 0.3) is 0 Å². The number of piperidine rings is 1. The number of carbonyl (C=O) groups is 2. The van der Waals surface area contributed by atoms with Gasteiger partial charge < -0.3 is 10.0 Å². The molecule has 0 spiro atoms. The number of amides is 1. The minimum absolute atomic E-state index is 0.137. The predicted molar refractivity (Wildman–Crippen MR) is 71.8 cm³/mol. The number of nitrogens with zero attached hydrogens (tertiary/aromatic N) is 1. The average Bonchev–Trinajstić information content (AvgIpc) is 2.45. The molecule has 5 heteroatoms. The summed E-state index contributed by atoms with van der Waals surface area (Å²) in [5.74, 6) is -2.32.